The molecule has 0 bridgehead atoms. The number of ether oxygens (including phenoxy) is 1. The number of morpholine rings is 1. The van der Waals surface area contributed by atoms with Crippen molar-refractivity contribution < 1.29 is 19.0 Å². The zero-order valence-corrected chi connectivity index (χ0v) is 30.6. The number of benzene rings is 1. The number of rotatable bonds is 7. The Balaban J connectivity index is 1.17. The number of hydrogen-bond acceptors (Lipinski definition) is 4. The van der Waals surface area contributed by atoms with Crippen molar-refractivity contribution in [3.63, 3.8) is 0 Å². The molecule has 1 aromatic rings. The molecule has 0 aromatic heterocycles. The SMILES string of the molecule is C=C(C)C1CCC2(NCCN3CCOCC3)CCC3(C)C(CCC4C5(C)CC=C(c6ccc(C(=O)O)c(F)c6)C(C)(C)C5CCC43C)C12. The summed E-state index contributed by atoms with van der Waals surface area (Å²) in [5.74, 6) is 1.23. The lowest BCUT2D eigenvalue weighted by atomic mass is 9.33. The Hall–Kier alpha value is -2.02. The molecule has 1 aliphatic heterocycles. The van der Waals surface area contributed by atoms with Crippen LogP contribution in [-0.4, -0.2) is 60.9 Å². The second-order valence-corrected chi connectivity index (χ2v) is 18.3. The highest BCUT2D eigenvalue weighted by Crippen LogP contribution is 2.76. The minimum Gasteiger partial charge on any atom is -0.478 e. The molecule has 1 aromatic carbocycles. The van der Waals surface area contributed by atoms with Crippen LogP contribution in [0.4, 0.5) is 4.39 Å². The number of aromatic carboxylic acids is 1. The third kappa shape index (κ3) is 5.04. The highest BCUT2D eigenvalue weighted by atomic mass is 19.1. The fraction of sp³-hybridized carbons (Fsp3) is 0.738. The Morgan fingerprint density at radius 3 is 2.44 bits per heavy atom. The van der Waals surface area contributed by atoms with Crippen molar-refractivity contribution in [2.45, 2.75) is 105 Å². The summed E-state index contributed by atoms with van der Waals surface area (Å²) < 4.78 is 20.5. The largest absolute Gasteiger partial charge is 0.478 e. The molecule has 4 saturated carbocycles. The number of nitrogens with one attached hydrogen (secondary N) is 1. The second-order valence-electron chi connectivity index (χ2n) is 18.3. The number of carboxylic acids is 1. The van der Waals surface area contributed by atoms with Crippen LogP contribution in [0.5, 0.6) is 0 Å². The number of halogens is 1. The van der Waals surface area contributed by atoms with Gasteiger partial charge in [0.15, 0.2) is 0 Å². The van der Waals surface area contributed by atoms with Crippen LogP contribution in [0, 0.1) is 57.1 Å². The van der Waals surface area contributed by atoms with Crippen LogP contribution in [0.3, 0.4) is 0 Å². The molecule has 1 saturated heterocycles. The minimum absolute atomic E-state index is 0.133. The van der Waals surface area contributed by atoms with Gasteiger partial charge in [0.05, 0.1) is 18.8 Å². The van der Waals surface area contributed by atoms with Gasteiger partial charge in [-0.2, -0.15) is 0 Å². The summed E-state index contributed by atoms with van der Waals surface area (Å²) in [5, 5.41) is 13.7. The van der Waals surface area contributed by atoms with E-state index in [2.05, 4.69) is 64.4 Å². The van der Waals surface area contributed by atoms with E-state index in [-0.39, 0.29) is 32.8 Å². The molecule has 264 valence electrons. The normalized spacial score (nSPS) is 42.1. The van der Waals surface area contributed by atoms with Crippen molar-refractivity contribution in [2.75, 3.05) is 39.4 Å². The Labute approximate surface area is 289 Å². The second kappa shape index (κ2) is 12.0. The Morgan fingerprint density at radius 1 is 1.00 bits per heavy atom. The maximum absolute atomic E-state index is 14.9. The molecule has 0 radical (unpaired) electrons. The molecular weight excluding hydrogens is 599 g/mol. The van der Waals surface area contributed by atoms with Gasteiger partial charge in [0.2, 0.25) is 0 Å². The van der Waals surface area contributed by atoms with Crippen LogP contribution in [0.25, 0.3) is 5.57 Å². The highest BCUT2D eigenvalue weighted by Gasteiger charge is 2.70. The molecule has 5 nitrogen and oxygen atoms in total. The summed E-state index contributed by atoms with van der Waals surface area (Å²) in [6.07, 6.45) is 13.6. The lowest BCUT2D eigenvalue weighted by molar-refractivity contribution is -0.219. The van der Waals surface area contributed by atoms with Gasteiger partial charge in [-0.1, -0.05) is 58.9 Å². The third-order valence-electron chi connectivity index (χ3n) is 16.2. The molecule has 0 spiro atoms. The molecule has 7 rings (SSSR count). The van der Waals surface area contributed by atoms with Crippen LogP contribution in [0.1, 0.15) is 115 Å². The van der Waals surface area contributed by atoms with Crippen molar-refractivity contribution in [3.05, 3.63) is 53.4 Å². The van der Waals surface area contributed by atoms with E-state index in [1.807, 2.05) is 6.07 Å². The molecule has 48 heavy (non-hydrogen) atoms. The number of hydrogen-bond donors (Lipinski definition) is 2. The van der Waals surface area contributed by atoms with E-state index in [1.165, 1.54) is 74.6 Å². The van der Waals surface area contributed by atoms with Gasteiger partial charge in [0.1, 0.15) is 5.82 Å². The number of fused-ring (bicyclic) bond motifs is 7. The van der Waals surface area contributed by atoms with E-state index in [4.69, 9.17) is 4.74 Å². The predicted octanol–water partition coefficient (Wildman–Crippen LogP) is 8.85. The van der Waals surface area contributed by atoms with Gasteiger partial charge in [0, 0.05) is 31.7 Å². The van der Waals surface area contributed by atoms with Crippen molar-refractivity contribution in [3.8, 4) is 0 Å². The summed E-state index contributed by atoms with van der Waals surface area (Å²) >= 11 is 0. The molecule has 5 fully saturated rings. The predicted molar refractivity (Wildman–Crippen MR) is 191 cm³/mol. The van der Waals surface area contributed by atoms with Crippen molar-refractivity contribution in [1.82, 2.24) is 10.2 Å². The monoisotopic (exact) mass is 660 g/mol. The van der Waals surface area contributed by atoms with Crippen LogP contribution in [-0.2, 0) is 4.74 Å². The topological polar surface area (TPSA) is 61.8 Å². The Kier molecular flexibility index (Phi) is 8.64. The Morgan fingerprint density at radius 2 is 1.75 bits per heavy atom. The minimum atomic E-state index is -1.21. The van der Waals surface area contributed by atoms with Crippen molar-refractivity contribution in [1.29, 1.82) is 0 Å². The van der Waals surface area contributed by atoms with E-state index < -0.39 is 11.8 Å². The van der Waals surface area contributed by atoms with Gasteiger partial charge in [-0.15, -0.1) is 0 Å². The van der Waals surface area contributed by atoms with E-state index in [0.29, 0.717) is 29.6 Å². The summed E-state index contributed by atoms with van der Waals surface area (Å²) in [6, 6.07) is 4.73. The van der Waals surface area contributed by atoms with Gasteiger partial charge >= 0.3 is 5.97 Å². The first kappa shape index (κ1) is 34.4. The smallest absolute Gasteiger partial charge is 0.338 e. The zero-order valence-electron chi connectivity index (χ0n) is 30.6. The summed E-state index contributed by atoms with van der Waals surface area (Å²) in [6.45, 7) is 25.6. The molecule has 0 amide bonds. The molecule has 9 atom stereocenters. The standard InChI is InChI=1S/C42H61FN2O3/c1-27(2)29-12-17-42(44-20-21-45-22-24-48-25-23-45)19-18-40(6)32(36(29)42)10-11-35-39(5)15-13-31(28-8-9-30(37(46)47)33(43)26-28)38(3,4)34(39)14-16-41(35,40)7/h8-9,13,26,29,32,34-36,44H,1,10-12,14-25H2,2-7H3,(H,46,47). The van der Waals surface area contributed by atoms with Gasteiger partial charge in [-0.05, 0) is 139 Å². The van der Waals surface area contributed by atoms with Crippen LogP contribution in [0.2, 0.25) is 0 Å². The van der Waals surface area contributed by atoms with Crippen molar-refractivity contribution in [2.24, 2.45) is 51.2 Å². The van der Waals surface area contributed by atoms with Crippen molar-refractivity contribution >= 4 is 11.5 Å². The fourth-order valence-electron chi connectivity index (χ4n) is 13.7. The molecule has 9 unspecified atom stereocenters. The molecule has 1 heterocycles. The summed E-state index contributed by atoms with van der Waals surface area (Å²) in [4.78, 5) is 14.1. The molecule has 6 heteroatoms. The van der Waals surface area contributed by atoms with Crippen LogP contribution >= 0.6 is 0 Å². The Bertz CT molecular complexity index is 1480. The van der Waals surface area contributed by atoms with Crippen LogP contribution < -0.4 is 5.32 Å². The first-order valence-electron chi connectivity index (χ1n) is 19.1. The summed E-state index contributed by atoms with van der Waals surface area (Å²) in [5.41, 5.74) is 3.97. The van der Waals surface area contributed by atoms with E-state index in [1.54, 1.807) is 0 Å². The summed E-state index contributed by atoms with van der Waals surface area (Å²) in [7, 11) is 0. The first-order valence-corrected chi connectivity index (χ1v) is 19.1. The number of allylic oxidation sites excluding steroid dienone is 3. The molecular formula is C42H61FN2O3. The number of nitrogens with zero attached hydrogens (tertiary/aromatic N) is 1. The van der Waals surface area contributed by atoms with Crippen LogP contribution in [0.15, 0.2) is 36.4 Å². The highest BCUT2D eigenvalue weighted by molar-refractivity contribution is 5.88. The number of carboxylic acid groups (broad SMARTS) is 1. The van der Waals surface area contributed by atoms with Gasteiger partial charge in [-0.3, -0.25) is 4.90 Å². The van der Waals surface area contributed by atoms with E-state index >= 15 is 0 Å². The zero-order chi connectivity index (χ0) is 34.3. The third-order valence-corrected chi connectivity index (χ3v) is 16.2. The average Bonchev–Trinajstić information content (AvgIpc) is 3.41. The maximum Gasteiger partial charge on any atom is 0.338 e. The quantitative estimate of drug-likeness (QED) is 0.286. The fourth-order valence-corrected chi connectivity index (χ4v) is 13.7. The average molecular weight is 661 g/mol. The van der Waals surface area contributed by atoms with Gasteiger partial charge < -0.3 is 15.2 Å². The molecule has 5 aliphatic carbocycles. The van der Waals surface area contributed by atoms with Gasteiger partial charge in [-0.25, -0.2) is 9.18 Å². The number of carbonyl (C=O) groups is 1. The van der Waals surface area contributed by atoms with E-state index in [9.17, 15) is 14.3 Å². The maximum atomic E-state index is 14.9. The van der Waals surface area contributed by atoms with Gasteiger partial charge in [0.25, 0.3) is 0 Å². The molecule has 6 aliphatic rings. The molecule has 2 N–H and O–H groups in total. The van der Waals surface area contributed by atoms with E-state index in [0.717, 1.165) is 51.4 Å². The lowest BCUT2D eigenvalue weighted by Gasteiger charge is -2.72. The first-order chi connectivity index (χ1) is 22.7. The lowest BCUT2D eigenvalue weighted by Crippen LogP contribution is -2.68.